The standard InChI is InChI=1S/C24H15Br2Cl2NO3S/c25-18-9-15(10-19(26)22(18)32-13-14-5-7-17(27)8-6-14)11-21-23(30)29(24(31)33-21)12-16-3-1-2-4-20(16)28/h1-11H,12-13H2/b21-11+. The number of nitrogens with zero attached hydrogens (tertiary/aromatic N) is 1. The van der Waals surface area contributed by atoms with Crippen molar-refractivity contribution in [2.75, 3.05) is 0 Å². The number of amides is 2. The van der Waals surface area contributed by atoms with Crippen LogP contribution in [0.15, 0.2) is 74.5 Å². The number of hydrogen-bond acceptors (Lipinski definition) is 4. The van der Waals surface area contributed by atoms with Gasteiger partial charge in [-0.25, -0.2) is 0 Å². The molecule has 1 aliphatic rings. The fourth-order valence-corrected chi connectivity index (χ4v) is 5.73. The lowest BCUT2D eigenvalue weighted by Crippen LogP contribution is -2.27. The minimum Gasteiger partial charge on any atom is -0.487 e. The van der Waals surface area contributed by atoms with Crippen LogP contribution in [0.25, 0.3) is 6.08 Å². The van der Waals surface area contributed by atoms with E-state index < -0.39 is 0 Å². The SMILES string of the molecule is O=C1S/C(=C/c2cc(Br)c(OCc3ccc(Cl)cc3)c(Br)c2)C(=O)N1Cc1ccccc1Cl. The van der Waals surface area contributed by atoms with E-state index in [0.717, 1.165) is 28.5 Å². The minimum absolute atomic E-state index is 0.131. The first kappa shape index (κ1) is 24.4. The van der Waals surface area contributed by atoms with Crippen LogP contribution in [0.2, 0.25) is 10.0 Å². The number of thioether (sulfide) groups is 1. The van der Waals surface area contributed by atoms with Gasteiger partial charge in [-0.1, -0.05) is 53.5 Å². The van der Waals surface area contributed by atoms with Gasteiger partial charge in [0.1, 0.15) is 12.4 Å². The van der Waals surface area contributed by atoms with E-state index in [0.29, 0.717) is 36.3 Å². The third-order valence-corrected chi connectivity index (χ3v) is 7.48. The molecule has 1 heterocycles. The van der Waals surface area contributed by atoms with Gasteiger partial charge in [0.25, 0.3) is 11.1 Å². The summed E-state index contributed by atoms with van der Waals surface area (Å²) < 4.78 is 7.38. The first-order valence-electron chi connectivity index (χ1n) is 9.67. The molecule has 3 aromatic carbocycles. The second kappa shape index (κ2) is 10.7. The molecule has 4 nitrogen and oxygen atoms in total. The Labute approximate surface area is 222 Å². The van der Waals surface area contributed by atoms with Crippen LogP contribution in [0, 0.1) is 0 Å². The quantitative estimate of drug-likeness (QED) is 0.258. The summed E-state index contributed by atoms with van der Waals surface area (Å²) in [5.41, 5.74) is 2.45. The second-order valence-electron chi connectivity index (χ2n) is 7.09. The molecule has 33 heavy (non-hydrogen) atoms. The molecule has 1 fully saturated rings. The number of carbonyl (C=O) groups is 2. The van der Waals surface area contributed by atoms with Gasteiger partial charge in [0.05, 0.1) is 20.4 Å². The van der Waals surface area contributed by atoms with E-state index >= 15 is 0 Å². The highest BCUT2D eigenvalue weighted by atomic mass is 79.9. The lowest BCUT2D eigenvalue weighted by molar-refractivity contribution is -0.123. The number of carbonyl (C=O) groups excluding carboxylic acids is 2. The second-order valence-corrected chi connectivity index (χ2v) is 10.6. The Hall–Kier alpha value is -1.77. The molecule has 0 N–H and O–H groups in total. The zero-order valence-corrected chi connectivity index (χ0v) is 22.4. The van der Waals surface area contributed by atoms with E-state index in [-0.39, 0.29) is 17.7 Å². The summed E-state index contributed by atoms with van der Waals surface area (Å²) in [7, 11) is 0. The Kier molecular flexibility index (Phi) is 7.87. The molecule has 0 saturated carbocycles. The molecule has 0 aliphatic carbocycles. The van der Waals surface area contributed by atoms with Crippen LogP contribution in [0.3, 0.4) is 0 Å². The molecule has 9 heteroatoms. The molecule has 0 radical (unpaired) electrons. The van der Waals surface area contributed by atoms with Crippen molar-refractivity contribution in [3.8, 4) is 5.75 Å². The summed E-state index contributed by atoms with van der Waals surface area (Å²) in [4.78, 5) is 26.9. The highest BCUT2D eigenvalue weighted by molar-refractivity contribution is 9.11. The van der Waals surface area contributed by atoms with Crippen molar-refractivity contribution in [3.05, 3.63) is 101 Å². The zero-order chi connectivity index (χ0) is 23.5. The predicted molar refractivity (Wildman–Crippen MR) is 141 cm³/mol. The van der Waals surface area contributed by atoms with Crippen LogP contribution in [-0.4, -0.2) is 16.0 Å². The Morgan fingerprint density at radius 2 is 1.64 bits per heavy atom. The first-order valence-corrected chi connectivity index (χ1v) is 12.8. The molecule has 3 aromatic rings. The molecule has 4 rings (SSSR count). The highest BCUT2D eigenvalue weighted by Gasteiger charge is 2.35. The number of ether oxygens (including phenoxy) is 1. The highest BCUT2D eigenvalue weighted by Crippen LogP contribution is 2.38. The van der Waals surface area contributed by atoms with E-state index in [9.17, 15) is 9.59 Å². The summed E-state index contributed by atoms with van der Waals surface area (Å²) in [5, 5.41) is 0.858. The Bertz CT molecular complexity index is 1240. The summed E-state index contributed by atoms with van der Waals surface area (Å²) in [6.45, 7) is 0.501. The van der Waals surface area contributed by atoms with Gasteiger partial charge in [-0.15, -0.1) is 0 Å². The van der Waals surface area contributed by atoms with Crippen molar-refractivity contribution in [1.29, 1.82) is 0 Å². The van der Waals surface area contributed by atoms with E-state index in [1.165, 1.54) is 4.90 Å². The van der Waals surface area contributed by atoms with Gasteiger partial charge in [0, 0.05) is 10.0 Å². The maximum absolute atomic E-state index is 12.9. The van der Waals surface area contributed by atoms with E-state index in [1.54, 1.807) is 24.3 Å². The summed E-state index contributed by atoms with van der Waals surface area (Å²) >= 11 is 20.1. The fourth-order valence-electron chi connectivity index (χ4n) is 3.12. The lowest BCUT2D eigenvalue weighted by Gasteiger charge is -2.13. The summed E-state index contributed by atoms with van der Waals surface area (Å²) in [6, 6.07) is 18.3. The van der Waals surface area contributed by atoms with Crippen LogP contribution in [0.4, 0.5) is 4.79 Å². The zero-order valence-electron chi connectivity index (χ0n) is 16.9. The van der Waals surface area contributed by atoms with Gasteiger partial charge >= 0.3 is 0 Å². The average Bonchev–Trinajstić information content (AvgIpc) is 3.03. The van der Waals surface area contributed by atoms with Crippen molar-refractivity contribution < 1.29 is 14.3 Å². The third kappa shape index (κ3) is 5.84. The molecular weight excluding hydrogens is 613 g/mol. The van der Waals surface area contributed by atoms with E-state index in [1.807, 2.05) is 42.5 Å². The number of imide groups is 1. The Balaban J connectivity index is 1.50. The van der Waals surface area contributed by atoms with Gasteiger partial charge in [-0.2, -0.15) is 0 Å². The Morgan fingerprint density at radius 1 is 0.970 bits per heavy atom. The molecule has 0 bridgehead atoms. The predicted octanol–water partition coefficient (Wildman–Crippen LogP) is 8.33. The molecule has 1 saturated heterocycles. The molecule has 0 aromatic heterocycles. The van der Waals surface area contributed by atoms with Crippen LogP contribution >= 0.6 is 66.8 Å². The third-order valence-electron chi connectivity index (χ3n) is 4.77. The fraction of sp³-hybridized carbons (Fsp3) is 0.0833. The van der Waals surface area contributed by atoms with Gasteiger partial charge < -0.3 is 4.74 Å². The first-order chi connectivity index (χ1) is 15.8. The van der Waals surface area contributed by atoms with Crippen LogP contribution in [0.5, 0.6) is 5.75 Å². The molecular formula is C24H15Br2Cl2NO3S. The summed E-state index contributed by atoms with van der Waals surface area (Å²) in [6.07, 6.45) is 1.69. The van der Waals surface area contributed by atoms with Crippen molar-refractivity contribution in [2.45, 2.75) is 13.2 Å². The number of halogens is 4. The molecule has 168 valence electrons. The van der Waals surface area contributed by atoms with Crippen molar-refractivity contribution in [2.24, 2.45) is 0 Å². The lowest BCUT2D eigenvalue weighted by atomic mass is 10.2. The summed E-state index contributed by atoms with van der Waals surface area (Å²) in [5.74, 6) is 0.286. The normalized spacial score (nSPS) is 14.9. The van der Waals surface area contributed by atoms with Crippen LogP contribution in [-0.2, 0) is 17.9 Å². The van der Waals surface area contributed by atoms with Crippen molar-refractivity contribution >= 4 is 84.0 Å². The van der Waals surface area contributed by atoms with E-state index in [4.69, 9.17) is 27.9 Å². The molecule has 0 unspecified atom stereocenters. The molecule has 1 aliphatic heterocycles. The smallest absolute Gasteiger partial charge is 0.293 e. The number of hydrogen-bond donors (Lipinski definition) is 0. The van der Waals surface area contributed by atoms with E-state index in [2.05, 4.69) is 31.9 Å². The topological polar surface area (TPSA) is 46.6 Å². The average molecular weight is 628 g/mol. The number of benzene rings is 3. The number of rotatable bonds is 6. The monoisotopic (exact) mass is 625 g/mol. The molecule has 0 spiro atoms. The molecule has 2 amide bonds. The van der Waals surface area contributed by atoms with Gasteiger partial charge in [-0.05, 0) is 96.7 Å². The van der Waals surface area contributed by atoms with Crippen molar-refractivity contribution in [3.63, 3.8) is 0 Å². The maximum atomic E-state index is 12.9. The maximum Gasteiger partial charge on any atom is 0.293 e. The molecule has 0 atom stereocenters. The van der Waals surface area contributed by atoms with Crippen LogP contribution < -0.4 is 4.74 Å². The van der Waals surface area contributed by atoms with Crippen LogP contribution in [0.1, 0.15) is 16.7 Å². The van der Waals surface area contributed by atoms with Gasteiger partial charge in [-0.3, -0.25) is 14.5 Å². The minimum atomic E-state index is -0.347. The van der Waals surface area contributed by atoms with Crippen molar-refractivity contribution in [1.82, 2.24) is 4.90 Å². The Morgan fingerprint density at radius 3 is 2.30 bits per heavy atom. The van der Waals surface area contributed by atoms with Gasteiger partial charge in [0.15, 0.2) is 0 Å². The van der Waals surface area contributed by atoms with Gasteiger partial charge in [0.2, 0.25) is 0 Å². The largest absolute Gasteiger partial charge is 0.487 e.